The molecule has 0 aliphatic carbocycles. The van der Waals surface area contributed by atoms with E-state index < -0.39 is 7.82 Å². The van der Waals surface area contributed by atoms with Crippen LogP contribution in [0.2, 0.25) is 0 Å². The summed E-state index contributed by atoms with van der Waals surface area (Å²) in [6, 6.07) is 0. The largest absolute Gasteiger partial charge is 0.472 e. The maximum Gasteiger partial charge on any atom is 0.472 e. The Morgan fingerprint density at radius 2 is 2.06 bits per heavy atom. The predicted molar refractivity (Wildman–Crippen MR) is 77.4 cm³/mol. The van der Waals surface area contributed by atoms with Gasteiger partial charge in [-0.15, -0.1) is 11.6 Å². The topological polar surface area (TPSA) is 55.8 Å². The van der Waals surface area contributed by atoms with E-state index >= 15 is 0 Å². The number of phosphoric acid groups is 1. The minimum absolute atomic E-state index is 0.00640. The minimum Gasteiger partial charge on any atom is -0.302 e. The first kappa shape index (κ1) is 18.4. The number of hydrogen-bond acceptors (Lipinski definition) is 3. The van der Waals surface area contributed by atoms with Crippen molar-refractivity contribution in [2.24, 2.45) is 0 Å². The van der Waals surface area contributed by atoms with Crippen molar-refractivity contribution in [3.05, 3.63) is 0 Å². The summed E-state index contributed by atoms with van der Waals surface area (Å²) in [6.45, 7) is 2.21. The molecule has 8 heteroatoms. The van der Waals surface area contributed by atoms with Gasteiger partial charge >= 0.3 is 7.82 Å². The first-order valence-corrected chi connectivity index (χ1v) is 9.34. The summed E-state index contributed by atoms with van der Waals surface area (Å²) < 4.78 is 21.0. The van der Waals surface area contributed by atoms with Crippen LogP contribution in [0.1, 0.15) is 26.2 Å². The number of alkyl halides is 3. The summed E-state index contributed by atoms with van der Waals surface area (Å²) in [6.07, 6.45) is 2.27. The molecule has 0 rings (SSSR count). The van der Waals surface area contributed by atoms with Gasteiger partial charge in [-0.25, -0.2) is 4.57 Å². The van der Waals surface area contributed by atoms with Gasteiger partial charge < -0.3 is 4.89 Å². The van der Waals surface area contributed by atoms with Crippen molar-refractivity contribution < 1.29 is 18.5 Å². The molecule has 0 aliphatic rings. The molecule has 0 amide bonds. The lowest BCUT2D eigenvalue weighted by atomic mass is 10.3. The van der Waals surface area contributed by atoms with Crippen molar-refractivity contribution in [2.45, 2.75) is 36.4 Å². The third kappa shape index (κ3) is 10.9. The zero-order valence-corrected chi connectivity index (χ0v) is 14.5. The lowest BCUT2D eigenvalue weighted by Crippen LogP contribution is -2.10. The molecule has 0 fully saturated rings. The molecule has 17 heavy (non-hydrogen) atoms. The Morgan fingerprint density at radius 1 is 1.41 bits per heavy atom. The van der Waals surface area contributed by atoms with E-state index in [4.69, 9.17) is 20.6 Å². The second-order valence-corrected chi connectivity index (χ2v) is 7.63. The zero-order chi connectivity index (χ0) is 13.3. The number of phosphoric ester groups is 1. The van der Waals surface area contributed by atoms with Crippen LogP contribution in [0.3, 0.4) is 0 Å². The molecule has 3 atom stereocenters. The minimum atomic E-state index is -3.96. The van der Waals surface area contributed by atoms with Crippen molar-refractivity contribution >= 4 is 51.3 Å². The average Bonchev–Trinajstić information content (AvgIpc) is 2.26. The number of halogens is 3. The molecular formula is C9H18Br2ClO4P. The van der Waals surface area contributed by atoms with Gasteiger partial charge in [-0.1, -0.05) is 38.8 Å². The second-order valence-electron chi connectivity index (χ2n) is 3.47. The molecule has 0 aliphatic heterocycles. The van der Waals surface area contributed by atoms with E-state index in [-0.39, 0.29) is 23.4 Å². The van der Waals surface area contributed by atoms with Gasteiger partial charge in [-0.3, -0.25) is 9.05 Å². The van der Waals surface area contributed by atoms with E-state index in [0.717, 1.165) is 11.8 Å². The van der Waals surface area contributed by atoms with Crippen LogP contribution in [0.15, 0.2) is 0 Å². The highest BCUT2D eigenvalue weighted by Gasteiger charge is 2.22. The van der Waals surface area contributed by atoms with Gasteiger partial charge in [0.1, 0.15) is 0 Å². The van der Waals surface area contributed by atoms with Crippen molar-refractivity contribution in [2.75, 3.05) is 18.5 Å². The van der Waals surface area contributed by atoms with E-state index in [2.05, 4.69) is 31.9 Å². The molecule has 0 bridgehead atoms. The molecule has 1 N–H and O–H groups in total. The van der Waals surface area contributed by atoms with Gasteiger partial charge in [0.25, 0.3) is 0 Å². The van der Waals surface area contributed by atoms with Gasteiger partial charge in [0.2, 0.25) is 0 Å². The van der Waals surface area contributed by atoms with Gasteiger partial charge in [0.15, 0.2) is 0 Å². The summed E-state index contributed by atoms with van der Waals surface area (Å²) >= 11 is 12.5. The van der Waals surface area contributed by atoms with Crippen LogP contribution in [0.5, 0.6) is 0 Å². The molecule has 0 aromatic rings. The molecule has 0 aromatic heterocycles. The Labute approximate surface area is 124 Å². The van der Waals surface area contributed by atoms with Gasteiger partial charge in [0, 0.05) is 10.2 Å². The first-order valence-electron chi connectivity index (χ1n) is 5.37. The first-order chi connectivity index (χ1) is 7.91. The average molecular weight is 416 g/mol. The lowest BCUT2D eigenvalue weighted by Gasteiger charge is -2.15. The van der Waals surface area contributed by atoms with E-state index in [1.165, 1.54) is 0 Å². The van der Waals surface area contributed by atoms with Gasteiger partial charge in [-0.2, -0.15) is 0 Å². The monoisotopic (exact) mass is 414 g/mol. The molecule has 104 valence electrons. The summed E-state index contributed by atoms with van der Waals surface area (Å²) in [5, 5.41) is 0.432. The van der Waals surface area contributed by atoms with Crippen LogP contribution in [-0.2, 0) is 13.6 Å². The third-order valence-corrected chi connectivity index (χ3v) is 4.86. The van der Waals surface area contributed by atoms with E-state index in [1.54, 1.807) is 0 Å². The third-order valence-electron chi connectivity index (χ3n) is 1.97. The Bertz CT molecular complexity index is 245. The highest BCUT2D eigenvalue weighted by Crippen LogP contribution is 2.43. The Balaban J connectivity index is 3.76. The van der Waals surface area contributed by atoms with Crippen LogP contribution in [0.4, 0.5) is 0 Å². The molecule has 0 saturated heterocycles. The maximum absolute atomic E-state index is 11.4. The normalized spacial score (nSPS) is 18.6. The van der Waals surface area contributed by atoms with Crippen LogP contribution >= 0.6 is 51.3 Å². The van der Waals surface area contributed by atoms with Crippen molar-refractivity contribution in [3.63, 3.8) is 0 Å². The Morgan fingerprint density at radius 3 is 2.59 bits per heavy atom. The number of rotatable bonds is 10. The van der Waals surface area contributed by atoms with Crippen LogP contribution in [0, 0.1) is 0 Å². The fourth-order valence-electron chi connectivity index (χ4n) is 0.914. The van der Waals surface area contributed by atoms with Gasteiger partial charge in [-0.05, 0) is 19.3 Å². The zero-order valence-electron chi connectivity index (χ0n) is 9.65. The SMILES string of the molecule is CCC(Br)CCOP(=O)(O)OCC(Cl)CCBr. The summed E-state index contributed by atoms with van der Waals surface area (Å²) in [4.78, 5) is 9.63. The Hall–Kier alpha value is 1.36. The molecule has 0 saturated carbocycles. The second kappa shape index (κ2) is 10.2. The highest BCUT2D eigenvalue weighted by atomic mass is 79.9. The summed E-state index contributed by atoms with van der Waals surface area (Å²) in [5.41, 5.74) is 0. The summed E-state index contributed by atoms with van der Waals surface area (Å²) in [5.74, 6) is 0. The van der Waals surface area contributed by atoms with Crippen molar-refractivity contribution in [1.82, 2.24) is 0 Å². The molecule has 4 nitrogen and oxygen atoms in total. The standard InChI is InChI=1S/C9H18Br2ClO4P/c1-2-8(11)4-6-15-17(13,14)16-7-9(12)3-5-10/h8-9H,2-7H2,1H3,(H,13,14). The van der Waals surface area contributed by atoms with E-state index in [1.807, 2.05) is 6.92 Å². The highest BCUT2D eigenvalue weighted by molar-refractivity contribution is 9.09. The molecule has 0 aromatic carbocycles. The fourth-order valence-corrected chi connectivity index (χ4v) is 2.96. The van der Waals surface area contributed by atoms with Crippen LogP contribution in [0.25, 0.3) is 0 Å². The molecular weight excluding hydrogens is 398 g/mol. The quantitative estimate of drug-likeness (QED) is 0.431. The molecule has 0 heterocycles. The van der Waals surface area contributed by atoms with Crippen LogP contribution < -0.4 is 0 Å². The predicted octanol–water partition coefficient (Wildman–Crippen LogP) is 4.08. The fraction of sp³-hybridized carbons (Fsp3) is 1.00. The van der Waals surface area contributed by atoms with E-state index in [9.17, 15) is 9.46 Å². The summed E-state index contributed by atoms with van der Waals surface area (Å²) in [7, 11) is -3.96. The maximum atomic E-state index is 11.4. The smallest absolute Gasteiger partial charge is 0.302 e. The van der Waals surface area contributed by atoms with Crippen molar-refractivity contribution in [1.29, 1.82) is 0 Å². The van der Waals surface area contributed by atoms with E-state index in [0.29, 0.717) is 12.8 Å². The van der Waals surface area contributed by atoms with Crippen molar-refractivity contribution in [3.8, 4) is 0 Å². The molecule has 0 spiro atoms. The molecule has 3 unspecified atom stereocenters. The van der Waals surface area contributed by atoms with Gasteiger partial charge in [0.05, 0.1) is 18.6 Å². The Kier molecular flexibility index (Phi) is 11.0. The number of hydrogen-bond donors (Lipinski definition) is 1. The van der Waals surface area contributed by atoms with Crippen LogP contribution in [-0.4, -0.2) is 33.6 Å². The molecule has 0 radical (unpaired) electrons. The lowest BCUT2D eigenvalue weighted by molar-refractivity contribution is 0.147.